The van der Waals surface area contributed by atoms with E-state index in [0.29, 0.717) is 5.82 Å². The van der Waals surface area contributed by atoms with E-state index in [2.05, 4.69) is 32.9 Å². The van der Waals surface area contributed by atoms with E-state index in [0.717, 1.165) is 51.1 Å². The van der Waals surface area contributed by atoms with Gasteiger partial charge in [0.2, 0.25) is 0 Å². The molecule has 7 heteroatoms. The minimum atomic E-state index is -0.400. The lowest BCUT2D eigenvalue weighted by Crippen LogP contribution is -2.56. The molecule has 2 amide bonds. The summed E-state index contributed by atoms with van der Waals surface area (Å²) in [4.78, 5) is 14.5. The zero-order valence-corrected chi connectivity index (χ0v) is 13.3. The standard InChI is InChI=1S/C15H26N6O/c1-2-3-5-12-6-10-21(11-7-12)14(22)16-15(8-4-9-15)13-17-19-20-18-13/h12H,2-11H2,1H3,(H,16,22)(H,17,18,19,20). The number of hydrogen-bond donors (Lipinski definition) is 2. The lowest BCUT2D eigenvalue weighted by Gasteiger charge is -2.42. The fourth-order valence-corrected chi connectivity index (χ4v) is 3.50. The van der Waals surface area contributed by atoms with E-state index in [1.807, 2.05) is 4.90 Å². The van der Waals surface area contributed by atoms with Gasteiger partial charge in [0.1, 0.15) is 5.54 Å². The number of tetrazole rings is 1. The molecule has 1 aliphatic carbocycles. The SMILES string of the molecule is CCCCC1CCN(C(=O)NC2(c3nn[nH]n3)CCC2)CC1. The second kappa shape index (κ2) is 6.62. The van der Waals surface area contributed by atoms with Gasteiger partial charge < -0.3 is 10.2 Å². The summed E-state index contributed by atoms with van der Waals surface area (Å²) >= 11 is 0. The number of piperidine rings is 1. The Morgan fingerprint density at radius 3 is 2.73 bits per heavy atom. The number of rotatable bonds is 5. The van der Waals surface area contributed by atoms with Crippen molar-refractivity contribution in [2.24, 2.45) is 5.92 Å². The molecular formula is C15H26N6O. The Morgan fingerprint density at radius 2 is 2.18 bits per heavy atom. The Kier molecular flexibility index (Phi) is 4.59. The highest BCUT2D eigenvalue weighted by atomic mass is 16.2. The number of carbonyl (C=O) groups excluding carboxylic acids is 1. The number of unbranched alkanes of at least 4 members (excludes halogenated alkanes) is 1. The molecule has 1 aromatic heterocycles. The first-order chi connectivity index (χ1) is 10.7. The third kappa shape index (κ3) is 3.08. The first kappa shape index (κ1) is 15.2. The van der Waals surface area contributed by atoms with Gasteiger partial charge in [0, 0.05) is 13.1 Å². The molecule has 2 N–H and O–H groups in total. The second-order valence-corrected chi connectivity index (χ2v) is 6.67. The van der Waals surface area contributed by atoms with Crippen LogP contribution in [-0.4, -0.2) is 44.6 Å². The van der Waals surface area contributed by atoms with E-state index in [1.54, 1.807) is 0 Å². The maximum absolute atomic E-state index is 12.6. The number of hydrogen-bond acceptors (Lipinski definition) is 4. The van der Waals surface area contributed by atoms with Crippen molar-refractivity contribution in [3.63, 3.8) is 0 Å². The fourth-order valence-electron chi connectivity index (χ4n) is 3.50. The molecule has 0 atom stereocenters. The molecule has 3 rings (SSSR count). The van der Waals surface area contributed by atoms with E-state index < -0.39 is 5.54 Å². The van der Waals surface area contributed by atoms with E-state index in [4.69, 9.17) is 0 Å². The third-order valence-electron chi connectivity index (χ3n) is 5.19. The number of aromatic nitrogens is 4. The molecule has 2 fully saturated rings. The quantitative estimate of drug-likeness (QED) is 0.873. The predicted molar refractivity (Wildman–Crippen MR) is 82.1 cm³/mol. The summed E-state index contributed by atoms with van der Waals surface area (Å²) < 4.78 is 0. The Bertz CT molecular complexity index is 476. The van der Waals surface area contributed by atoms with E-state index in [-0.39, 0.29) is 6.03 Å². The minimum absolute atomic E-state index is 0.0263. The summed E-state index contributed by atoms with van der Waals surface area (Å²) in [5.74, 6) is 1.41. The van der Waals surface area contributed by atoms with Crippen molar-refractivity contribution in [3.8, 4) is 0 Å². The number of amides is 2. The maximum atomic E-state index is 12.6. The van der Waals surface area contributed by atoms with Crippen LogP contribution in [0.25, 0.3) is 0 Å². The predicted octanol–water partition coefficient (Wildman–Crippen LogP) is 2.19. The van der Waals surface area contributed by atoms with Gasteiger partial charge >= 0.3 is 6.03 Å². The summed E-state index contributed by atoms with van der Waals surface area (Å²) in [6.45, 7) is 3.96. The molecule has 0 spiro atoms. The Labute approximate surface area is 131 Å². The Hall–Kier alpha value is -1.66. The van der Waals surface area contributed by atoms with E-state index in [1.165, 1.54) is 19.3 Å². The van der Waals surface area contributed by atoms with Crippen LogP contribution in [0.2, 0.25) is 0 Å². The van der Waals surface area contributed by atoms with Crippen LogP contribution in [0.15, 0.2) is 0 Å². The molecule has 1 aromatic rings. The number of aromatic amines is 1. The molecule has 122 valence electrons. The van der Waals surface area contributed by atoms with Crippen LogP contribution in [0.3, 0.4) is 0 Å². The number of likely N-dealkylation sites (tertiary alicyclic amines) is 1. The zero-order chi connectivity index (χ0) is 15.4. The van der Waals surface area contributed by atoms with Crippen molar-refractivity contribution < 1.29 is 4.79 Å². The van der Waals surface area contributed by atoms with Crippen molar-refractivity contribution in [3.05, 3.63) is 5.82 Å². The lowest BCUT2D eigenvalue weighted by molar-refractivity contribution is 0.128. The van der Waals surface area contributed by atoms with Gasteiger partial charge in [-0.05, 0) is 38.0 Å². The molecule has 1 saturated heterocycles. The van der Waals surface area contributed by atoms with E-state index in [9.17, 15) is 4.79 Å². The molecule has 2 aliphatic rings. The van der Waals surface area contributed by atoms with Crippen molar-refractivity contribution in [2.75, 3.05) is 13.1 Å². The molecule has 0 aromatic carbocycles. The molecule has 2 heterocycles. The lowest BCUT2D eigenvalue weighted by atomic mass is 9.76. The van der Waals surface area contributed by atoms with Gasteiger partial charge in [-0.15, -0.1) is 10.2 Å². The molecule has 0 bridgehead atoms. The Morgan fingerprint density at radius 1 is 1.41 bits per heavy atom. The Balaban J connectivity index is 1.52. The summed E-state index contributed by atoms with van der Waals surface area (Å²) in [6.07, 6.45) is 9.00. The van der Waals surface area contributed by atoms with Crippen LogP contribution < -0.4 is 5.32 Å². The average molecular weight is 306 g/mol. The molecule has 22 heavy (non-hydrogen) atoms. The van der Waals surface area contributed by atoms with Crippen LogP contribution in [0, 0.1) is 5.92 Å². The molecule has 0 radical (unpaired) electrons. The van der Waals surface area contributed by atoms with Gasteiger partial charge in [0.05, 0.1) is 0 Å². The molecule has 1 saturated carbocycles. The van der Waals surface area contributed by atoms with Crippen molar-refractivity contribution in [1.29, 1.82) is 0 Å². The third-order valence-corrected chi connectivity index (χ3v) is 5.19. The molecule has 0 unspecified atom stereocenters. The summed E-state index contributed by atoms with van der Waals surface area (Å²) in [5.41, 5.74) is -0.400. The number of carbonyl (C=O) groups is 1. The topological polar surface area (TPSA) is 86.8 Å². The van der Waals surface area contributed by atoms with Crippen LogP contribution in [0.4, 0.5) is 4.79 Å². The highest BCUT2D eigenvalue weighted by Crippen LogP contribution is 2.39. The van der Waals surface area contributed by atoms with E-state index >= 15 is 0 Å². The van der Waals surface area contributed by atoms with Crippen molar-refractivity contribution in [2.45, 2.75) is 63.8 Å². The fraction of sp³-hybridized carbons (Fsp3) is 0.867. The average Bonchev–Trinajstić information content (AvgIpc) is 3.03. The van der Waals surface area contributed by atoms with Gasteiger partial charge in [-0.25, -0.2) is 4.79 Å². The summed E-state index contributed by atoms with van der Waals surface area (Å²) in [5, 5.41) is 17.4. The maximum Gasteiger partial charge on any atom is 0.318 e. The smallest absolute Gasteiger partial charge is 0.318 e. The van der Waals surface area contributed by atoms with Gasteiger partial charge in [-0.2, -0.15) is 5.21 Å². The van der Waals surface area contributed by atoms with Crippen LogP contribution in [0.5, 0.6) is 0 Å². The van der Waals surface area contributed by atoms with Crippen LogP contribution in [0.1, 0.15) is 64.1 Å². The largest absolute Gasteiger partial charge is 0.325 e. The van der Waals surface area contributed by atoms with Crippen LogP contribution >= 0.6 is 0 Å². The molecule has 1 aliphatic heterocycles. The normalized spacial score (nSPS) is 21.4. The van der Waals surface area contributed by atoms with Crippen molar-refractivity contribution in [1.82, 2.24) is 30.8 Å². The monoisotopic (exact) mass is 306 g/mol. The van der Waals surface area contributed by atoms with Gasteiger partial charge in [0.15, 0.2) is 5.82 Å². The number of nitrogens with one attached hydrogen (secondary N) is 2. The van der Waals surface area contributed by atoms with Gasteiger partial charge in [-0.1, -0.05) is 31.4 Å². The van der Waals surface area contributed by atoms with Crippen LogP contribution in [-0.2, 0) is 5.54 Å². The number of urea groups is 1. The minimum Gasteiger partial charge on any atom is -0.325 e. The van der Waals surface area contributed by atoms with Crippen molar-refractivity contribution >= 4 is 6.03 Å². The highest BCUT2D eigenvalue weighted by Gasteiger charge is 2.44. The van der Waals surface area contributed by atoms with Gasteiger partial charge in [-0.3, -0.25) is 0 Å². The number of H-pyrrole nitrogens is 1. The first-order valence-corrected chi connectivity index (χ1v) is 8.54. The highest BCUT2D eigenvalue weighted by molar-refractivity contribution is 5.75. The summed E-state index contributed by atoms with van der Waals surface area (Å²) in [6, 6.07) is 0.0263. The number of nitrogens with zero attached hydrogens (tertiary/aromatic N) is 4. The summed E-state index contributed by atoms with van der Waals surface area (Å²) in [7, 11) is 0. The first-order valence-electron chi connectivity index (χ1n) is 8.54. The van der Waals surface area contributed by atoms with Gasteiger partial charge in [0.25, 0.3) is 0 Å². The zero-order valence-electron chi connectivity index (χ0n) is 13.3. The second-order valence-electron chi connectivity index (χ2n) is 6.67. The molecule has 7 nitrogen and oxygen atoms in total. The molecular weight excluding hydrogens is 280 g/mol.